The monoisotopic (exact) mass is 279 g/mol. The molecule has 0 aliphatic carbocycles. The number of ether oxygens (including phenoxy) is 1. The van der Waals surface area contributed by atoms with Crippen molar-refractivity contribution in [3.63, 3.8) is 0 Å². The van der Waals surface area contributed by atoms with Gasteiger partial charge in [-0.05, 0) is 53.1 Å². The smallest absolute Gasteiger partial charge is 0.119 e. The first kappa shape index (κ1) is 13.6. The normalized spacial score (nSPS) is 12.3. The van der Waals surface area contributed by atoms with Gasteiger partial charge in [0.1, 0.15) is 11.9 Å². The van der Waals surface area contributed by atoms with E-state index in [1.165, 1.54) is 0 Å². The highest BCUT2D eigenvalue weighted by Crippen LogP contribution is 2.28. The Morgan fingerprint density at radius 1 is 1.05 bits per heavy atom. The summed E-state index contributed by atoms with van der Waals surface area (Å²) in [7, 11) is 1.66. The number of aliphatic hydroxyl groups is 1. The van der Waals surface area contributed by atoms with E-state index in [1.54, 1.807) is 19.5 Å². The quantitative estimate of drug-likeness (QED) is 0.796. The zero-order chi connectivity index (χ0) is 14.8. The molecule has 3 aromatic rings. The van der Waals surface area contributed by atoms with E-state index in [1.807, 2.05) is 49.4 Å². The summed E-state index contributed by atoms with van der Waals surface area (Å²) in [5, 5.41) is 12.7. The van der Waals surface area contributed by atoms with Crippen LogP contribution in [-0.2, 0) is 0 Å². The maximum Gasteiger partial charge on any atom is 0.119 e. The topological polar surface area (TPSA) is 42.4 Å². The van der Waals surface area contributed by atoms with Gasteiger partial charge in [0.25, 0.3) is 0 Å². The average Bonchev–Trinajstić information content (AvgIpc) is 2.53. The molecule has 2 aromatic carbocycles. The molecule has 106 valence electrons. The third-order valence-electron chi connectivity index (χ3n) is 3.76. The number of rotatable bonds is 3. The van der Waals surface area contributed by atoms with Crippen LogP contribution < -0.4 is 4.74 Å². The molecule has 3 nitrogen and oxygen atoms in total. The van der Waals surface area contributed by atoms with Gasteiger partial charge in [0.05, 0.1) is 7.11 Å². The highest BCUT2D eigenvalue weighted by atomic mass is 16.5. The third kappa shape index (κ3) is 2.60. The lowest BCUT2D eigenvalue weighted by Crippen LogP contribution is -2.02. The summed E-state index contributed by atoms with van der Waals surface area (Å²) in [6.07, 6.45) is 2.79. The van der Waals surface area contributed by atoms with E-state index in [0.29, 0.717) is 0 Å². The van der Waals surface area contributed by atoms with Crippen LogP contribution in [0.3, 0.4) is 0 Å². The van der Waals surface area contributed by atoms with Gasteiger partial charge in [0.2, 0.25) is 0 Å². The van der Waals surface area contributed by atoms with Crippen molar-refractivity contribution < 1.29 is 9.84 Å². The average molecular weight is 279 g/mol. The van der Waals surface area contributed by atoms with Crippen molar-refractivity contribution >= 4 is 10.8 Å². The fourth-order valence-corrected chi connectivity index (χ4v) is 2.48. The maximum atomic E-state index is 10.6. The van der Waals surface area contributed by atoms with Gasteiger partial charge < -0.3 is 9.84 Å². The first-order valence-corrected chi connectivity index (χ1v) is 6.85. The Labute approximate surface area is 123 Å². The number of hydrogen-bond donors (Lipinski definition) is 1. The van der Waals surface area contributed by atoms with Gasteiger partial charge in [0.15, 0.2) is 0 Å². The zero-order valence-corrected chi connectivity index (χ0v) is 12.1. The van der Waals surface area contributed by atoms with Crippen LogP contribution in [0.2, 0.25) is 0 Å². The van der Waals surface area contributed by atoms with E-state index in [2.05, 4.69) is 4.98 Å². The predicted octanol–water partition coefficient (Wildman–Crippen LogP) is 3.63. The number of pyridine rings is 1. The number of methoxy groups -OCH3 is 1. The Morgan fingerprint density at radius 2 is 1.81 bits per heavy atom. The molecule has 0 saturated heterocycles. The Morgan fingerprint density at radius 3 is 2.57 bits per heavy atom. The number of aromatic nitrogens is 1. The van der Waals surface area contributed by atoms with Crippen LogP contribution >= 0.6 is 0 Å². The number of hydrogen-bond acceptors (Lipinski definition) is 3. The van der Waals surface area contributed by atoms with Gasteiger partial charge in [-0.3, -0.25) is 4.98 Å². The fourth-order valence-electron chi connectivity index (χ4n) is 2.48. The van der Waals surface area contributed by atoms with Crippen molar-refractivity contribution in [3.05, 3.63) is 71.5 Å². The van der Waals surface area contributed by atoms with Crippen LogP contribution in [-0.4, -0.2) is 17.2 Å². The highest BCUT2D eigenvalue weighted by molar-refractivity contribution is 5.84. The van der Waals surface area contributed by atoms with Crippen molar-refractivity contribution in [1.82, 2.24) is 4.98 Å². The predicted molar refractivity (Wildman–Crippen MR) is 83.5 cm³/mol. The number of fused-ring (bicyclic) bond motifs is 1. The number of benzene rings is 2. The molecular weight excluding hydrogens is 262 g/mol. The summed E-state index contributed by atoms with van der Waals surface area (Å²) in [6, 6.07) is 13.8. The van der Waals surface area contributed by atoms with Crippen LogP contribution in [0.25, 0.3) is 10.8 Å². The van der Waals surface area contributed by atoms with E-state index in [-0.39, 0.29) is 0 Å². The minimum Gasteiger partial charge on any atom is -0.497 e. The van der Waals surface area contributed by atoms with Crippen molar-refractivity contribution in [2.24, 2.45) is 0 Å². The van der Waals surface area contributed by atoms with Crippen LogP contribution in [0.5, 0.6) is 5.75 Å². The molecule has 0 saturated carbocycles. The van der Waals surface area contributed by atoms with Crippen LogP contribution in [0.4, 0.5) is 0 Å². The number of nitrogens with zero attached hydrogens (tertiary/aromatic N) is 1. The molecule has 1 aromatic heterocycles. The van der Waals surface area contributed by atoms with Gasteiger partial charge >= 0.3 is 0 Å². The summed E-state index contributed by atoms with van der Waals surface area (Å²) in [5.41, 5.74) is 2.74. The van der Waals surface area contributed by atoms with Crippen LogP contribution in [0, 0.1) is 6.92 Å². The maximum absolute atomic E-state index is 10.6. The summed E-state index contributed by atoms with van der Waals surface area (Å²) < 4.78 is 5.23. The van der Waals surface area contributed by atoms with Gasteiger partial charge in [-0.2, -0.15) is 0 Å². The van der Waals surface area contributed by atoms with E-state index < -0.39 is 6.10 Å². The molecule has 0 aliphatic rings. The molecule has 0 spiro atoms. The SMILES string of the molecule is COc1ccc2cc(C(O)c3cnccc3C)ccc2c1. The lowest BCUT2D eigenvalue weighted by molar-refractivity contribution is 0.219. The fraction of sp³-hybridized carbons (Fsp3) is 0.167. The number of aryl methyl sites for hydroxylation is 1. The Kier molecular flexibility index (Phi) is 3.59. The second kappa shape index (κ2) is 5.54. The molecule has 21 heavy (non-hydrogen) atoms. The molecule has 0 radical (unpaired) electrons. The highest BCUT2D eigenvalue weighted by Gasteiger charge is 2.13. The van der Waals surface area contributed by atoms with Gasteiger partial charge in [-0.1, -0.05) is 18.2 Å². The molecule has 0 amide bonds. The van der Waals surface area contributed by atoms with E-state index >= 15 is 0 Å². The molecule has 0 bridgehead atoms. The standard InChI is InChI=1S/C18H17NO2/c1-12-7-8-19-11-17(12)18(20)15-4-3-14-10-16(21-2)6-5-13(14)9-15/h3-11,18,20H,1-2H3. The van der Waals surface area contributed by atoms with E-state index in [9.17, 15) is 5.11 Å². The molecule has 0 aliphatic heterocycles. The second-order valence-corrected chi connectivity index (χ2v) is 5.11. The van der Waals surface area contributed by atoms with Crippen molar-refractivity contribution in [2.45, 2.75) is 13.0 Å². The van der Waals surface area contributed by atoms with Gasteiger partial charge in [0, 0.05) is 18.0 Å². The first-order chi connectivity index (χ1) is 10.2. The Bertz CT molecular complexity index is 783. The lowest BCUT2D eigenvalue weighted by Gasteiger charge is -2.14. The zero-order valence-electron chi connectivity index (χ0n) is 12.1. The summed E-state index contributed by atoms with van der Waals surface area (Å²) in [6.45, 7) is 1.98. The summed E-state index contributed by atoms with van der Waals surface area (Å²) >= 11 is 0. The largest absolute Gasteiger partial charge is 0.497 e. The Balaban J connectivity index is 2.03. The van der Waals surface area contributed by atoms with Crippen molar-refractivity contribution in [1.29, 1.82) is 0 Å². The van der Waals surface area contributed by atoms with Crippen molar-refractivity contribution in [3.8, 4) is 5.75 Å². The van der Waals surface area contributed by atoms with Crippen LogP contribution in [0.1, 0.15) is 22.8 Å². The van der Waals surface area contributed by atoms with E-state index in [4.69, 9.17) is 4.74 Å². The molecule has 3 rings (SSSR count). The molecule has 1 atom stereocenters. The molecule has 1 unspecified atom stereocenters. The lowest BCUT2D eigenvalue weighted by atomic mass is 9.97. The van der Waals surface area contributed by atoms with Crippen LogP contribution in [0.15, 0.2) is 54.9 Å². The van der Waals surface area contributed by atoms with Gasteiger partial charge in [-0.25, -0.2) is 0 Å². The van der Waals surface area contributed by atoms with Gasteiger partial charge in [-0.15, -0.1) is 0 Å². The number of aliphatic hydroxyl groups excluding tert-OH is 1. The Hall–Kier alpha value is -2.39. The van der Waals surface area contributed by atoms with Crippen molar-refractivity contribution in [2.75, 3.05) is 7.11 Å². The molecule has 3 heteroatoms. The molecular formula is C18H17NO2. The second-order valence-electron chi connectivity index (χ2n) is 5.11. The molecule has 0 fully saturated rings. The summed E-state index contributed by atoms with van der Waals surface area (Å²) in [5.74, 6) is 0.832. The van der Waals surface area contributed by atoms with E-state index in [0.717, 1.165) is 33.2 Å². The molecule has 1 heterocycles. The minimum atomic E-state index is -0.662. The third-order valence-corrected chi connectivity index (χ3v) is 3.76. The first-order valence-electron chi connectivity index (χ1n) is 6.85. The molecule has 1 N–H and O–H groups in total. The minimum absolute atomic E-state index is 0.662. The summed E-state index contributed by atoms with van der Waals surface area (Å²) in [4.78, 5) is 4.10.